The first-order chi connectivity index (χ1) is 12.2. The first kappa shape index (κ1) is 19.4. The molecule has 0 bridgehead atoms. The molecule has 0 saturated carbocycles. The second-order valence-corrected chi connectivity index (χ2v) is 6.38. The van der Waals surface area contributed by atoms with E-state index >= 15 is 0 Å². The first-order valence-corrected chi connectivity index (χ1v) is 8.15. The number of amides is 1. The van der Waals surface area contributed by atoms with E-state index in [1.807, 2.05) is 6.92 Å². The molecule has 0 unspecified atom stereocenters. The Hall–Kier alpha value is -2.89. The number of rotatable bonds is 6. The van der Waals surface area contributed by atoms with Crippen LogP contribution in [0.2, 0.25) is 0 Å². The summed E-state index contributed by atoms with van der Waals surface area (Å²) in [5.41, 5.74) is 3.16. The Bertz CT molecular complexity index is 825. The Balaban J connectivity index is 2.20. The van der Waals surface area contributed by atoms with E-state index in [0.717, 1.165) is 5.56 Å². The molecule has 138 valence electrons. The van der Waals surface area contributed by atoms with Crippen LogP contribution in [0.1, 0.15) is 32.6 Å². The van der Waals surface area contributed by atoms with Crippen LogP contribution in [0.15, 0.2) is 30.3 Å². The lowest BCUT2D eigenvalue weighted by molar-refractivity contribution is -0.139. The summed E-state index contributed by atoms with van der Waals surface area (Å²) in [5.74, 6) is -1.21. The van der Waals surface area contributed by atoms with E-state index in [-0.39, 0.29) is 18.3 Å². The molecule has 0 spiro atoms. The minimum absolute atomic E-state index is 0.154. The van der Waals surface area contributed by atoms with Gasteiger partial charge in [-0.25, -0.2) is 9.18 Å². The standard InChI is InChI=1S/C20H22FNO4/c1-12-5-6-17(21)16(7-12)10-22(4)20(25)15-8-13(2)19(14(3)9-15)26-11-18(23)24/h5-9H,10-11H2,1-4H3,(H,23,24). The molecule has 26 heavy (non-hydrogen) atoms. The monoisotopic (exact) mass is 359 g/mol. The molecule has 0 aliphatic rings. The van der Waals surface area contributed by atoms with Crippen molar-refractivity contribution in [3.05, 3.63) is 64.0 Å². The summed E-state index contributed by atoms with van der Waals surface area (Å²) in [5, 5.41) is 8.74. The maximum Gasteiger partial charge on any atom is 0.341 e. The predicted octanol–water partition coefficient (Wildman–Crippen LogP) is 3.49. The van der Waals surface area contributed by atoms with E-state index in [2.05, 4.69) is 0 Å². The molecule has 1 amide bonds. The van der Waals surface area contributed by atoms with E-state index in [1.165, 1.54) is 11.0 Å². The fourth-order valence-corrected chi connectivity index (χ4v) is 2.81. The molecule has 2 aromatic carbocycles. The Morgan fingerprint density at radius 1 is 1.12 bits per heavy atom. The molecule has 1 N–H and O–H groups in total. The highest BCUT2D eigenvalue weighted by Gasteiger charge is 2.17. The molecule has 6 heteroatoms. The zero-order chi connectivity index (χ0) is 19.4. The number of carbonyl (C=O) groups excluding carboxylic acids is 1. The van der Waals surface area contributed by atoms with Crippen LogP contribution in [0.3, 0.4) is 0 Å². The molecule has 5 nitrogen and oxygen atoms in total. The Morgan fingerprint density at radius 2 is 1.73 bits per heavy atom. The number of aliphatic carboxylic acids is 1. The molecule has 2 aromatic rings. The van der Waals surface area contributed by atoms with Gasteiger partial charge in [-0.1, -0.05) is 17.7 Å². The van der Waals surface area contributed by atoms with Crippen molar-refractivity contribution in [2.75, 3.05) is 13.7 Å². The van der Waals surface area contributed by atoms with Crippen molar-refractivity contribution in [2.24, 2.45) is 0 Å². The summed E-state index contributed by atoms with van der Waals surface area (Å²) in [6.07, 6.45) is 0. The van der Waals surface area contributed by atoms with Gasteiger partial charge < -0.3 is 14.7 Å². The lowest BCUT2D eigenvalue weighted by Gasteiger charge is -2.19. The van der Waals surface area contributed by atoms with Crippen molar-refractivity contribution in [2.45, 2.75) is 27.3 Å². The SMILES string of the molecule is Cc1ccc(F)c(CN(C)C(=O)c2cc(C)c(OCC(=O)O)c(C)c2)c1. The van der Waals surface area contributed by atoms with Crippen molar-refractivity contribution in [3.63, 3.8) is 0 Å². The number of ether oxygens (including phenoxy) is 1. The molecule has 0 atom stereocenters. The van der Waals surface area contributed by atoms with Gasteiger partial charge in [0.15, 0.2) is 6.61 Å². The normalized spacial score (nSPS) is 10.5. The van der Waals surface area contributed by atoms with Crippen molar-refractivity contribution in [1.82, 2.24) is 4.90 Å². The van der Waals surface area contributed by atoms with Crippen LogP contribution in [-0.2, 0) is 11.3 Å². The van der Waals surface area contributed by atoms with Gasteiger partial charge in [-0.2, -0.15) is 0 Å². The largest absolute Gasteiger partial charge is 0.481 e. The molecule has 0 radical (unpaired) electrons. The van der Waals surface area contributed by atoms with E-state index in [9.17, 15) is 14.0 Å². The lowest BCUT2D eigenvalue weighted by atomic mass is 10.0. The number of carboxylic acids is 1. The summed E-state index contributed by atoms with van der Waals surface area (Å²) in [7, 11) is 1.61. The van der Waals surface area contributed by atoms with Gasteiger partial charge in [0.2, 0.25) is 0 Å². The Morgan fingerprint density at radius 3 is 2.31 bits per heavy atom. The van der Waals surface area contributed by atoms with Gasteiger partial charge >= 0.3 is 5.97 Å². The van der Waals surface area contributed by atoms with Crippen LogP contribution in [0.4, 0.5) is 4.39 Å². The maximum absolute atomic E-state index is 13.9. The molecule has 0 aliphatic heterocycles. The molecule has 0 aliphatic carbocycles. The fourth-order valence-electron chi connectivity index (χ4n) is 2.81. The maximum atomic E-state index is 13.9. The zero-order valence-electron chi connectivity index (χ0n) is 15.3. The van der Waals surface area contributed by atoms with Gasteiger partial charge in [-0.05, 0) is 50.1 Å². The lowest BCUT2D eigenvalue weighted by Crippen LogP contribution is -2.27. The number of halogens is 1. The Labute approximate surface area is 152 Å². The van der Waals surface area contributed by atoms with E-state index in [4.69, 9.17) is 9.84 Å². The summed E-state index contributed by atoms with van der Waals surface area (Å²) >= 11 is 0. The van der Waals surface area contributed by atoms with Crippen LogP contribution < -0.4 is 4.74 Å². The number of aryl methyl sites for hydroxylation is 3. The van der Waals surface area contributed by atoms with Crippen LogP contribution in [-0.4, -0.2) is 35.5 Å². The van der Waals surface area contributed by atoms with Crippen LogP contribution in [0.5, 0.6) is 5.75 Å². The molecule has 2 rings (SSSR count). The highest BCUT2D eigenvalue weighted by Crippen LogP contribution is 2.26. The van der Waals surface area contributed by atoms with Gasteiger partial charge in [-0.15, -0.1) is 0 Å². The highest BCUT2D eigenvalue weighted by atomic mass is 19.1. The molecule has 0 aromatic heterocycles. The summed E-state index contributed by atoms with van der Waals surface area (Å²) in [4.78, 5) is 24.8. The second kappa shape index (κ2) is 7.99. The number of hydrogen-bond donors (Lipinski definition) is 1. The van der Waals surface area contributed by atoms with Crippen molar-refractivity contribution in [1.29, 1.82) is 0 Å². The number of nitrogens with zero attached hydrogens (tertiary/aromatic N) is 1. The van der Waals surface area contributed by atoms with E-state index < -0.39 is 12.6 Å². The third kappa shape index (κ3) is 4.59. The molecule has 0 fully saturated rings. The molecular formula is C20H22FNO4. The van der Waals surface area contributed by atoms with Gasteiger partial charge in [0.1, 0.15) is 11.6 Å². The molecule has 0 saturated heterocycles. The second-order valence-electron chi connectivity index (χ2n) is 6.38. The van der Waals surface area contributed by atoms with Gasteiger partial charge in [-0.3, -0.25) is 4.79 Å². The summed E-state index contributed by atoms with van der Waals surface area (Å²) in [6, 6.07) is 8.10. The topological polar surface area (TPSA) is 66.8 Å². The number of hydrogen-bond acceptors (Lipinski definition) is 3. The molecular weight excluding hydrogens is 337 g/mol. The van der Waals surface area contributed by atoms with Gasteiger partial charge in [0.25, 0.3) is 5.91 Å². The van der Waals surface area contributed by atoms with Gasteiger partial charge in [0.05, 0.1) is 0 Å². The average molecular weight is 359 g/mol. The van der Waals surface area contributed by atoms with Crippen molar-refractivity contribution < 1.29 is 23.8 Å². The third-order valence-corrected chi connectivity index (χ3v) is 4.00. The summed E-state index contributed by atoms with van der Waals surface area (Å²) < 4.78 is 19.2. The first-order valence-electron chi connectivity index (χ1n) is 8.15. The molecule has 0 heterocycles. The van der Waals surface area contributed by atoms with E-state index in [0.29, 0.717) is 28.0 Å². The van der Waals surface area contributed by atoms with Crippen LogP contribution in [0.25, 0.3) is 0 Å². The zero-order valence-corrected chi connectivity index (χ0v) is 15.3. The number of benzene rings is 2. The minimum Gasteiger partial charge on any atom is -0.481 e. The number of carboxylic acid groups (broad SMARTS) is 1. The number of carbonyl (C=O) groups is 2. The predicted molar refractivity (Wildman–Crippen MR) is 96.0 cm³/mol. The third-order valence-electron chi connectivity index (χ3n) is 4.00. The minimum atomic E-state index is -1.07. The van der Waals surface area contributed by atoms with Crippen molar-refractivity contribution in [3.8, 4) is 5.75 Å². The van der Waals surface area contributed by atoms with Crippen molar-refractivity contribution >= 4 is 11.9 Å². The van der Waals surface area contributed by atoms with E-state index in [1.54, 1.807) is 45.2 Å². The van der Waals surface area contributed by atoms with Gasteiger partial charge in [0, 0.05) is 24.7 Å². The van der Waals surface area contributed by atoms with Crippen LogP contribution >= 0.6 is 0 Å². The fraction of sp³-hybridized carbons (Fsp3) is 0.300. The summed E-state index contributed by atoms with van der Waals surface area (Å²) in [6.45, 7) is 5.08. The van der Waals surface area contributed by atoms with Crippen LogP contribution in [0, 0.1) is 26.6 Å². The highest BCUT2D eigenvalue weighted by molar-refractivity contribution is 5.94. The Kier molecular flexibility index (Phi) is 5.97. The quantitative estimate of drug-likeness (QED) is 0.857. The smallest absolute Gasteiger partial charge is 0.341 e. The average Bonchev–Trinajstić information content (AvgIpc) is 2.56.